The van der Waals surface area contributed by atoms with E-state index in [1.807, 2.05) is 75.4 Å². The van der Waals surface area contributed by atoms with Gasteiger partial charge < -0.3 is 15.0 Å². The molecule has 0 bridgehead atoms. The normalized spacial score (nSPS) is 12.7. The van der Waals surface area contributed by atoms with Crippen molar-refractivity contribution in [1.82, 2.24) is 10.2 Å². The number of anilines is 1. The highest BCUT2D eigenvalue weighted by atomic mass is 32.2. The first kappa shape index (κ1) is 32.7. The van der Waals surface area contributed by atoms with Crippen molar-refractivity contribution in [2.75, 3.05) is 24.2 Å². The SMILES string of the molecule is CC[C@H](C)NC(=O)[C@H](Cc1ccccc1)N(Cc1ccccc1C)C(=O)CCCN(c1ccc(OC)cc1)S(C)(=O)=O. The second-order valence-electron chi connectivity index (χ2n) is 10.6. The molecule has 2 amide bonds. The number of carbonyl (C=O) groups is 2. The molecule has 0 fully saturated rings. The Balaban J connectivity index is 1.89. The van der Waals surface area contributed by atoms with Crippen molar-refractivity contribution >= 4 is 27.5 Å². The first-order valence-corrected chi connectivity index (χ1v) is 16.2. The number of aryl methyl sites for hydroxylation is 1. The van der Waals surface area contributed by atoms with E-state index in [1.165, 1.54) is 4.31 Å². The third-order valence-corrected chi connectivity index (χ3v) is 8.58. The molecule has 226 valence electrons. The topological polar surface area (TPSA) is 96.0 Å². The first-order chi connectivity index (χ1) is 20.0. The van der Waals surface area contributed by atoms with Crippen LogP contribution in [-0.2, 0) is 32.6 Å². The molecular weight excluding hydrogens is 550 g/mol. The molecule has 3 rings (SSSR count). The second-order valence-corrected chi connectivity index (χ2v) is 12.5. The zero-order chi connectivity index (χ0) is 30.7. The quantitative estimate of drug-likeness (QED) is 0.264. The van der Waals surface area contributed by atoms with Gasteiger partial charge in [-0.25, -0.2) is 8.42 Å². The summed E-state index contributed by atoms with van der Waals surface area (Å²) in [4.78, 5) is 29.3. The van der Waals surface area contributed by atoms with Crippen LogP contribution in [0.5, 0.6) is 5.75 Å². The highest BCUT2D eigenvalue weighted by Gasteiger charge is 2.31. The van der Waals surface area contributed by atoms with E-state index in [-0.39, 0.29) is 43.8 Å². The van der Waals surface area contributed by atoms with Crippen molar-refractivity contribution in [2.45, 2.75) is 65.1 Å². The van der Waals surface area contributed by atoms with E-state index in [2.05, 4.69) is 5.32 Å². The number of ether oxygens (including phenoxy) is 1. The second kappa shape index (κ2) is 15.4. The van der Waals surface area contributed by atoms with Gasteiger partial charge in [0.05, 0.1) is 19.1 Å². The van der Waals surface area contributed by atoms with Gasteiger partial charge in [0.2, 0.25) is 21.8 Å². The molecule has 0 aliphatic carbocycles. The standard InChI is InChI=1S/C33H43N3O5S/c1-6-26(3)34-33(38)31(23-27-14-8-7-9-15-27)35(24-28-16-11-10-13-25(28)2)32(37)17-12-22-36(42(5,39)40)29-18-20-30(41-4)21-19-29/h7-11,13-16,18-21,26,31H,6,12,17,22-24H2,1-5H3,(H,34,38)/t26-,31-/m0/s1. The fraction of sp³-hybridized carbons (Fsp3) is 0.394. The van der Waals surface area contributed by atoms with Gasteiger partial charge in [-0.1, -0.05) is 61.5 Å². The van der Waals surface area contributed by atoms with E-state index in [0.717, 1.165) is 29.4 Å². The molecule has 0 unspecified atom stereocenters. The van der Waals surface area contributed by atoms with Crippen molar-refractivity contribution in [2.24, 2.45) is 0 Å². The minimum atomic E-state index is -3.59. The molecule has 42 heavy (non-hydrogen) atoms. The summed E-state index contributed by atoms with van der Waals surface area (Å²) in [6.45, 7) is 6.33. The van der Waals surface area contributed by atoms with E-state index in [9.17, 15) is 18.0 Å². The van der Waals surface area contributed by atoms with Crippen LogP contribution in [0, 0.1) is 6.92 Å². The van der Waals surface area contributed by atoms with Crippen molar-refractivity contribution in [1.29, 1.82) is 0 Å². The van der Waals surface area contributed by atoms with Gasteiger partial charge in [-0.2, -0.15) is 0 Å². The van der Waals surface area contributed by atoms with Crippen LogP contribution in [0.4, 0.5) is 5.69 Å². The Labute approximate surface area is 250 Å². The number of amides is 2. The summed E-state index contributed by atoms with van der Waals surface area (Å²) < 4.78 is 31.8. The molecule has 3 aromatic rings. The van der Waals surface area contributed by atoms with Crippen LogP contribution >= 0.6 is 0 Å². The fourth-order valence-corrected chi connectivity index (χ4v) is 5.68. The van der Waals surface area contributed by atoms with Gasteiger partial charge in [0.25, 0.3) is 0 Å². The Bertz CT molecular complexity index is 1410. The molecule has 2 atom stereocenters. The van der Waals surface area contributed by atoms with E-state index in [4.69, 9.17) is 4.74 Å². The van der Waals surface area contributed by atoms with Crippen LogP contribution in [0.3, 0.4) is 0 Å². The number of benzene rings is 3. The van der Waals surface area contributed by atoms with Gasteiger partial charge in [-0.15, -0.1) is 0 Å². The number of nitrogens with zero attached hydrogens (tertiary/aromatic N) is 2. The summed E-state index contributed by atoms with van der Waals surface area (Å²) in [6, 6.07) is 23.5. The van der Waals surface area contributed by atoms with Crippen LogP contribution < -0.4 is 14.4 Å². The van der Waals surface area contributed by atoms with Gasteiger partial charge in [-0.3, -0.25) is 13.9 Å². The van der Waals surface area contributed by atoms with Crippen LogP contribution in [0.1, 0.15) is 49.8 Å². The molecule has 0 heterocycles. The maximum absolute atomic E-state index is 14.0. The number of nitrogens with one attached hydrogen (secondary N) is 1. The number of hydrogen-bond donors (Lipinski definition) is 1. The summed E-state index contributed by atoms with van der Waals surface area (Å²) in [7, 11) is -2.05. The van der Waals surface area contributed by atoms with Crippen molar-refractivity contribution < 1.29 is 22.7 Å². The van der Waals surface area contributed by atoms with Crippen molar-refractivity contribution in [3.8, 4) is 5.75 Å². The molecule has 8 nitrogen and oxygen atoms in total. The summed E-state index contributed by atoms with van der Waals surface area (Å²) in [5.74, 6) is 0.210. The highest BCUT2D eigenvalue weighted by Crippen LogP contribution is 2.23. The Hall–Kier alpha value is -3.85. The number of hydrogen-bond acceptors (Lipinski definition) is 5. The lowest BCUT2D eigenvalue weighted by molar-refractivity contribution is -0.141. The Morgan fingerprint density at radius 2 is 1.60 bits per heavy atom. The molecule has 0 spiro atoms. The average Bonchev–Trinajstić information content (AvgIpc) is 2.97. The van der Waals surface area contributed by atoms with Crippen molar-refractivity contribution in [3.63, 3.8) is 0 Å². The third-order valence-electron chi connectivity index (χ3n) is 7.39. The largest absolute Gasteiger partial charge is 0.497 e. The Morgan fingerprint density at radius 3 is 2.19 bits per heavy atom. The molecule has 0 aromatic heterocycles. The number of methoxy groups -OCH3 is 1. The summed E-state index contributed by atoms with van der Waals surface area (Å²) in [6.07, 6.45) is 2.64. The molecule has 0 saturated carbocycles. The van der Waals surface area contributed by atoms with Gasteiger partial charge in [0.1, 0.15) is 11.8 Å². The summed E-state index contributed by atoms with van der Waals surface area (Å²) in [5.41, 5.74) is 3.43. The predicted octanol–water partition coefficient (Wildman–Crippen LogP) is 5.10. The van der Waals surface area contributed by atoms with Crippen LogP contribution in [0.15, 0.2) is 78.9 Å². The minimum Gasteiger partial charge on any atom is -0.497 e. The molecule has 3 aromatic carbocycles. The Kier molecular flexibility index (Phi) is 12.0. The third kappa shape index (κ3) is 9.34. The lowest BCUT2D eigenvalue weighted by Gasteiger charge is -2.33. The number of carbonyl (C=O) groups excluding carboxylic acids is 2. The van der Waals surface area contributed by atoms with E-state index >= 15 is 0 Å². The van der Waals surface area contributed by atoms with Gasteiger partial charge in [-0.05, 0) is 67.6 Å². The van der Waals surface area contributed by atoms with Crippen LogP contribution in [-0.4, -0.2) is 57.1 Å². The summed E-state index contributed by atoms with van der Waals surface area (Å²) in [5, 5.41) is 3.08. The summed E-state index contributed by atoms with van der Waals surface area (Å²) >= 11 is 0. The van der Waals surface area contributed by atoms with Crippen LogP contribution in [0.2, 0.25) is 0 Å². The van der Waals surface area contributed by atoms with Crippen molar-refractivity contribution in [3.05, 3.63) is 95.6 Å². The minimum absolute atomic E-state index is 0.0426. The predicted molar refractivity (Wildman–Crippen MR) is 168 cm³/mol. The molecule has 0 aliphatic rings. The molecule has 0 saturated heterocycles. The molecule has 0 radical (unpaired) electrons. The zero-order valence-electron chi connectivity index (χ0n) is 25.2. The van der Waals surface area contributed by atoms with Gasteiger partial charge >= 0.3 is 0 Å². The monoisotopic (exact) mass is 593 g/mol. The molecule has 1 N–H and O–H groups in total. The zero-order valence-corrected chi connectivity index (χ0v) is 26.1. The van der Waals surface area contributed by atoms with E-state index in [0.29, 0.717) is 17.9 Å². The van der Waals surface area contributed by atoms with E-state index in [1.54, 1.807) is 36.3 Å². The first-order valence-electron chi connectivity index (χ1n) is 14.3. The molecular formula is C33H43N3O5S. The maximum atomic E-state index is 14.0. The number of sulfonamides is 1. The molecule has 0 aliphatic heterocycles. The fourth-order valence-electron chi connectivity index (χ4n) is 4.72. The maximum Gasteiger partial charge on any atom is 0.243 e. The van der Waals surface area contributed by atoms with E-state index < -0.39 is 16.1 Å². The Morgan fingerprint density at radius 1 is 0.952 bits per heavy atom. The smallest absolute Gasteiger partial charge is 0.243 e. The lowest BCUT2D eigenvalue weighted by Crippen LogP contribution is -2.52. The van der Waals surface area contributed by atoms with Gasteiger partial charge in [0.15, 0.2) is 0 Å². The lowest BCUT2D eigenvalue weighted by atomic mass is 10.0. The van der Waals surface area contributed by atoms with Gasteiger partial charge in [0, 0.05) is 32.0 Å². The number of rotatable bonds is 15. The van der Waals surface area contributed by atoms with Crippen LogP contribution in [0.25, 0.3) is 0 Å². The molecule has 9 heteroatoms. The average molecular weight is 594 g/mol. The highest BCUT2D eigenvalue weighted by molar-refractivity contribution is 7.92.